The highest BCUT2D eigenvalue weighted by Gasteiger charge is 1.95. The lowest BCUT2D eigenvalue weighted by atomic mass is 10.0. The van der Waals surface area contributed by atoms with Crippen LogP contribution < -0.4 is 0 Å². The molecule has 0 bridgehead atoms. The fourth-order valence-electron chi connectivity index (χ4n) is 1.72. The Kier molecular flexibility index (Phi) is 3.18. The SMILES string of the molecule is [CH2]CCC=Cc1cccc2ccccc12. The highest BCUT2D eigenvalue weighted by atomic mass is 14.0. The lowest BCUT2D eigenvalue weighted by Gasteiger charge is -2.01. The van der Waals surface area contributed by atoms with Gasteiger partial charge in [-0.1, -0.05) is 61.5 Å². The van der Waals surface area contributed by atoms with Gasteiger partial charge in [0.1, 0.15) is 0 Å². The van der Waals surface area contributed by atoms with Gasteiger partial charge in [0.15, 0.2) is 0 Å². The molecule has 0 saturated carbocycles. The van der Waals surface area contributed by atoms with Crippen molar-refractivity contribution < 1.29 is 0 Å². The molecule has 15 heavy (non-hydrogen) atoms. The molecule has 0 fully saturated rings. The van der Waals surface area contributed by atoms with Crippen LogP contribution in [-0.4, -0.2) is 0 Å². The summed E-state index contributed by atoms with van der Waals surface area (Å²) >= 11 is 0. The summed E-state index contributed by atoms with van der Waals surface area (Å²) in [6, 6.07) is 14.9. The standard InChI is InChI=1S/C15H15/c1-2-3-4-8-13-10-7-11-14-9-5-6-12-15(13)14/h4-12H,1-3H2. The largest absolute Gasteiger partial charge is 0.0839 e. The lowest BCUT2D eigenvalue weighted by molar-refractivity contribution is 1.06. The molecule has 2 rings (SSSR count). The summed E-state index contributed by atoms with van der Waals surface area (Å²) in [4.78, 5) is 0. The minimum atomic E-state index is 0.960. The van der Waals surface area contributed by atoms with Crippen molar-refractivity contribution in [1.29, 1.82) is 0 Å². The van der Waals surface area contributed by atoms with Crippen molar-refractivity contribution in [2.24, 2.45) is 0 Å². The number of benzene rings is 2. The molecule has 0 amide bonds. The van der Waals surface area contributed by atoms with E-state index in [1.165, 1.54) is 16.3 Å². The van der Waals surface area contributed by atoms with Gasteiger partial charge in [-0.3, -0.25) is 0 Å². The van der Waals surface area contributed by atoms with E-state index in [9.17, 15) is 0 Å². The second kappa shape index (κ2) is 4.79. The molecule has 0 nitrogen and oxygen atoms in total. The number of fused-ring (bicyclic) bond motifs is 1. The average molecular weight is 195 g/mol. The van der Waals surface area contributed by atoms with E-state index in [4.69, 9.17) is 0 Å². The molecule has 0 saturated heterocycles. The highest BCUT2D eigenvalue weighted by Crippen LogP contribution is 2.19. The summed E-state index contributed by atoms with van der Waals surface area (Å²) in [6.45, 7) is 3.83. The minimum Gasteiger partial charge on any atom is -0.0839 e. The molecule has 0 atom stereocenters. The molecule has 0 aliphatic carbocycles. The maximum atomic E-state index is 3.83. The van der Waals surface area contributed by atoms with Crippen LogP contribution in [0.25, 0.3) is 16.8 Å². The topological polar surface area (TPSA) is 0 Å². The normalized spacial score (nSPS) is 11.3. The lowest BCUT2D eigenvalue weighted by Crippen LogP contribution is -1.77. The Morgan fingerprint density at radius 2 is 1.80 bits per heavy atom. The molecule has 2 aromatic rings. The van der Waals surface area contributed by atoms with Crippen molar-refractivity contribution >= 4 is 16.8 Å². The van der Waals surface area contributed by atoms with Gasteiger partial charge in [-0.2, -0.15) is 0 Å². The van der Waals surface area contributed by atoms with E-state index < -0.39 is 0 Å². The summed E-state index contributed by atoms with van der Waals surface area (Å²) in [5, 5.41) is 2.62. The van der Waals surface area contributed by atoms with E-state index in [-0.39, 0.29) is 0 Å². The van der Waals surface area contributed by atoms with Crippen molar-refractivity contribution in [2.45, 2.75) is 12.8 Å². The fraction of sp³-hybridized carbons (Fsp3) is 0.133. The Hall–Kier alpha value is -1.56. The van der Waals surface area contributed by atoms with Gasteiger partial charge in [0, 0.05) is 0 Å². The monoisotopic (exact) mass is 195 g/mol. The predicted octanol–water partition coefficient (Wildman–Crippen LogP) is 4.47. The Labute approximate surface area is 91.2 Å². The number of rotatable bonds is 3. The van der Waals surface area contributed by atoms with Crippen LogP contribution in [-0.2, 0) is 0 Å². The molecular weight excluding hydrogens is 180 g/mol. The van der Waals surface area contributed by atoms with Crippen LogP contribution in [0.2, 0.25) is 0 Å². The molecule has 0 N–H and O–H groups in total. The smallest absolute Gasteiger partial charge is 0.0112 e. The van der Waals surface area contributed by atoms with Crippen LogP contribution in [0.5, 0.6) is 0 Å². The van der Waals surface area contributed by atoms with Crippen LogP contribution in [0, 0.1) is 6.92 Å². The quantitative estimate of drug-likeness (QED) is 0.678. The molecule has 0 heterocycles. The van der Waals surface area contributed by atoms with Gasteiger partial charge in [-0.15, -0.1) is 0 Å². The Morgan fingerprint density at radius 1 is 1.00 bits per heavy atom. The van der Waals surface area contributed by atoms with Crippen molar-refractivity contribution in [3.05, 3.63) is 61.0 Å². The van der Waals surface area contributed by atoms with E-state index >= 15 is 0 Å². The van der Waals surface area contributed by atoms with E-state index in [0.717, 1.165) is 12.8 Å². The molecule has 2 aromatic carbocycles. The third kappa shape index (κ3) is 2.27. The first-order chi connectivity index (χ1) is 7.42. The molecule has 0 aliphatic rings. The van der Waals surface area contributed by atoms with E-state index in [1.54, 1.807) is 0 Å². The third-order valence-electron chi connectivity index (χ3n) is 2.49. The first kappa shape index (κ1) is 9.97. The van der Waals surface area contributed by atoms with Gasteiger partial charge in [0.05, 0.1) is 0 Å². The summed E-state index contributed by atoms with van der Waals surface area (Å²) in [5.74, 6) is 0. The molecule has 0 aliphatic heterocycles. The summed E-state index contributed by atoms with van der Waals surface area (Å²) in [7, 11) is 0. The zero-order valence-electron chi connectivity index (χ0n) is 8.82. The molecule has 0 unspecified atom stereocenters. The van der Waals surface area contributed by atoms with Crippen molar-refractivity contribution in [1.82, 2.24) is 0 Å². The van der Waals surface area contributed by atoms with E-state index in [1.807, 2.05) is 0 Å². The van der Waals surface area contributed by atoms with Crippen molar-refractivity contribution in [2.75, 3.05) is 0 Å². The second-order valence-corrected chi connectivity index (χ2v) is 3.61. The van der Waals surface area contributed by atoms with Crippen molar-refractivity contribution in [3.63, 3.8) is 0 Å². The number of hydrogen-bond acceptors (Lipinski definition) is 0. The first-order valence-corrected chi connectivity index (χ1v) is 5.35. The molecule has 0 heteroatoms. The van der Waals surface area contributed by atoms with Gasteiger partial charge in [0.2, 0.25) is 0 Å². The summed E-state index contributed by atoms with van der Waals surface area (Å²) < 4.78 is 0. The van der Waals surface area contributed by atoms with Gasteiger partial charge in [-0.25, -0.2) is 0 Å². The summed E-state index contributed by atoms with van der Waals surface area (Å²) in [6.07, 6.45) is 6.38. The molecule has 75 valence electrons. The van der Waals surface area contributed by atoms with Gasteiger partial charge in [0.25, 0.3) is 0 Å². The van der Waals surface area contributed by atoms with Crippen LogP contribution >= 0.6 is 0 Å². The van der Waals surface area contributed by atoms with Crippen LogP contribution in [0.1, 0.15) is 18.4 Å². The number of unbranched alkanes of at least 4 members (excludes halogenated alkanes) is 1. The van der Waals surface area contributed by atoms with E-state index in [0.29, 0.717) is 0 Å². The minimum absolute atomic E-state index is 0.960. The second-order valence-electron chi connectivity index (χ2n) is 3.61. The molecule has 0 aromatic heterocycles. The maximum Gasteiger partial charge on any atom is -0.0112 e. The van der Waals surface area contributed by atoms with Crippen LogP contribution in [0.15, 0.2) is 48.5 Å². The predicted molar refractivity (Wildman–Crippen MR) is 67.6 cm³/mol. The number of hydrogen-bond donors (Lipinski definition) is 0. The zero-order valence-corrected chi connectivity index (χ0v) is 8.82. The highest BCUT2D eigenvalue weighted by molar-refractivity contribution is 5.90. The average Bonchev–Trinajstić information content (AvgIpc) is 2.30. The molecule has 1 radical (unpaired) electrons. The third-order valence-corrected chi connectivity index (χ3v) is 2.49. The summed E-state index contributed by atoms with van der Waals surface area (Å²) in [5.41, 5.74) is 1.29. The first-order valence-electron chi connectivity index (χ1n) is 5.35. The maximum absolute atomic E-state index is 3.83. The number of allylic oxidation sites excluding steroid dienone is 1. The van der Waals surface area contributed by atoms with Gasteiger partial charge in [-0.05, 0) is 29.2 Å². The Bertz CT molecular complexity index is 461. The Morgan fingerprint density at radius 3 is 2.67 bits per heavy atom. The molecular formula is C15H15. The Balaban J connectivity index is 2.42. The van der Waals surface area contributed by atoms with Gasteiger partial charge >= 0.3 is 0 Å². The fourth-order valence-corrected chi connectivity index (χ4v) is 1.72. The van der Waals surface area contributed by atoms with Crippen LogP contribution in [0.3, 0.4) is 0 Å². The zero-order chi connectivity index (χ0) is 10.5. The molecule has 0 spiro atoms. The van der Waals surface area contributed by atoms with Crippen LogP contribution in [0.4, 0.5) is 0 Å². The van der Waals surface area contributed by atoms with Gasteiger partial charge < -0.3 is 0 Å². The van der Waals surface area contributed by atoms with Crippen molar-refractivity contribution in [3.8, 4) is 0 Å². The van der Waals surface area contributed by atoms with E-state index in [2.05, 4.69) is 61.5 Å².